The minimum atomic E-state index is -3.96. The zero-order valence-electron chi connectivity index (χ0n) is 12.7. The Morgan fingerprint density at radius 3 is 1.60 bits per heavy atom. The molecule has 130 valence electrons. The van der Waals surface area contributed by atoms with Crippen molar-refractivity contribution < 1.29 is 16.8 Å². The SMILES string of the molecule is Cc1ccc(S(=O)(=O)c2nnc(S(=O)(=O)c3ccc(Cl)cc3)s2)cc1. The number of aryl methyl sites for hydroxylation is 1. The lowest BCUT2D eigenvalue weighted by Crippen LogP contribution is -2.01. The molecule has 3 aromatic rings. The van der Waals surface area contributed by atoms with E-state index in [1.54, 1.807) is 12.1 Å². The molecule has 0 aliphatic heterocycles. The minimum Gasteiger partial charge on any atom is -0.216 e. The molecule has 0 unspecified atom stereocenters. The van der Waals surface area contributed by atoms with Crippen molar-refractivity contribution in [2.45, 2.75) is 25.4 Å². The van der Waals surface area contributed by atoms with E-state index < -0.39 is 19.7 Å². The van der Waals surface area contributed by atoms with Gasteiger partial charge in [-0.2, -0.15) is 0 Å². The minimum absolute atomic E-state index is 0.0321. The number of hydrogen-bond donors (Lipinski definition) is 0. The predicted molar refractivity (Wildman–Crippen MR) is 93.4 cm³/mol. The second-order valence-corrected chi connectivity index (χ2v) is 10.8. The zero-order chi connectivity index (χ0) is 18.2. The summed E-state index contributed by atoms with van der Waals surface area (Å²) in [4.78, 5) is -0.00275. The molecule has 0 saturated carbocycles. The lowest BCUT2D eigenvalue weighted by atomic mass is 10.2. The molecule has 0 N–H and O–H groups in total. The number of hydrogen-bond acceptors (Lipinski definition) is 7. The third-order valence-electron chi connectivity index (χ3n) is 3.30. The second kappa shape index (κ2) is 6.49. The van der Waals surface area contributed by atoms with E-state index in [0.717, 1.165) is 5.56 Å². The maximum atomic E-state index is 12.6. The lowest BCUT2D eigenvalue weighted by Gasteiger charge is -2.01. The van der Waals surface area contributed by atoms with Crippen LogP contribution in [0.25, 0.3) is 0 Å². The fraction of sp³-hybridized carbons (Fsp3) is 0.0667. The normalized spacial score (nSPS) is 12.2. The van der Waals surface area contributed by atoms with Crippen molar-refractivity contribution in [2.75, 3.05) is 0 Å². The first kappa shape index (κ1) is 18.0. The Balaban J connectivity index is 2.02. The first-order chi connectivity index (χ1) is 11.7. The van der Waals surface area contributed by atoms with Crippen LogP contribution in [-0.4, -0.2) is 27.0 Å². The van der Waals surface area contributed by atoms with Gasteiger partial charge in [-0.3, -0.25) is 0 Å². The van der Waals surface area contributed by atoms with E-state index in [-0.39, 0.29) is 18.5 Å². The van der Waals surface area contributed by atoms with Gasteiger partial charge in [0.25, 0.3) is 0 Å². The van der Waals surface area contributed by atoms with Crippen LogP contribution >= 0.6 is 22.9 Å². The largest absolute Gasteiger partial charge is 0.238 e. The highest BCUT2D eigenvalue weighted by Gasteiger charge is 2.28. The summed E-state index contributed by atoms with van der Waals surface area (Å²) in [6.45, 7) is 1.83. The second-order valence-electron chi connectivity index (χ2n) is 5.11. The number of aromatic nitrogens is 2. The summed E-state index contributed by atoms with van der Waals surface area (Å²) in [5.74, 6) is 0. The van der Waals surface area contributed by atoms with Crippen molar-refractivity contribution in [3.8, 4) is 0 Å². The first-order valence-corrected chi connectivity index (χ1v) is 11.0. The van der Waals surface area contributed by atoms with Crippen LogP contribution in [0.4, 0.5) is 0 Å². The van der Waals surface area contributed by atoms with Crippen molar-refractivity contribution in [1.82, 2.24) is 10.2 Å². The Hall–Kier alpha value is -1.81. The van der Waals surface area contributed by atoms with Crippen molar-refractivity contribution >= 4 is 42.6 Å². The van der Waals surface area contributed by atoms with E-state index in [9.17, 15) is 16.8 Å². The fourth-order valence-corrected chi connectivity index (χ4v) is 6.16. The summed E-state index contributed by atoms with van der Waals surface area (Å²) in [6.07, 6.45) is 0. The third-order valence-corrected chi connectivity index (χ3v) is 8.75. The Morgan fingerprint density at radius 1 is 0.760 bits per heavy atom. The van der Waals surface area contributed by atoms with Crippen LogP contribution in [-0.2, 0) is 19.7 Å². The molecule has 6 nitrogen and oxygen atoms in total. The summed E-state index contributed by atoms with van der Waals surface area (Å²) in [6, 6.07) is 11.7. The number of benzene rings is 2. The van der Waals surface area contributed by atoms with Crippen LogP contribution in [0.5, 0.6) is 0 Å². The Kier molecular flexibility index (Phi) is 4.67. The number of halogens is 1. The van der Waals surface area contributed by atoms with Gasteiger partial charge in [-0.05, 0) is 43.3 Å². The van der Waals surface area contributed by atoms with Crippen molar-refractivity contribution in [1.29, 1.82) is 0 Å². The van der Waals surface area contributed by atoms with Crippen molar-refractivity contribution in [2.24, 2.45) is 0 Å². The summed E-state index contributed by atoms with van der Waals surface area (Å²) in [5.41, 5.74) is 0.905. The molecule has 0 aliphatic carbocycles. The monoisotopic (exact) mass is 414 g/mol. The van der Waals surface area contributed by atoms with Crippen LogP contribution in [0.1, 0.15) is 5.56 Å². The zero-order valence-corrected chi connectivity index (χ0v) is 16.0. The van der Waals surface area contributed by atoms with E-state index >= 15 is 0 Å². The molecule has 0 amide bonds. The van der Waals surface area contributed by atoms with E-state index in [0.29, 0.717) is 16.4 Å². The van der Waals surface area contributed by atoms with E-state index in [1.165, 1.54) is 36.4 Å². The van der Waals surface area contributed by atoms with Crippen molar-refractivity contribution in [3.05, 3.63) is 59.1 Å². The lowest BCUT2D eigenvalue weighted by molar-refractivity contribution is 0.589. The quantitative estimate of drug-likeness (QED) is 0.650. The molecule has 0 fully saturated rings. The summed E-state index contributed by atoms with van der Waals surface area (Å²) in [5, 5.41) is 7.52. The molecule has 2 aromatic carbocycles. The molecule has 1 aromatic heterocycles. The molecular formula is C15H11ClN2O4S3. The van der Waals surface area contributed by atoms with Crippen LogP contribution in [0, 0.1) is 6.92 Å². The van der Waals surface area contributed by atoms with Gasteiger partial charge in [-0.15, -0.1) is 10.2 Å². The average molecular weight is 415 g/mol. The molecule has 0 aliphatic rings. The van der Waals surface area contributed by atoms with Gasteiger partial charge in [0.2, 0.25) is 28.4 Å². The van der Waals surface area contributed by atoms with Gasteiger partial charge in [0.15, 0.2) is 0 Å². The Bertz CT molecular complexity index is 1030. The molecule has 0 bridgehead atoms. The van der Waals surface area contributed by atoms with Gasteiger partial charge >= 0.3 is 0 Å². The van der Waals surface area contributed by atoms with Gasteiger partial charge in [-0.25, -0.2) is 16.8 Å². The van der Waals surface area contributed by atoms with Gasteiger partial charge in [0.05, 0.1) is 9.79 Å². The van der Waals surface area contributed by atoms with E-state index in [4.69, 9.17) is 11.6 Å². The Labute approximate surface area is 154 Å². The molecule has 0 radical (unpaired) electrons. The Morgan fingerprint density at radius 2 is 1.16 bits per heavy atom. The first-order valence-electron chi connectivity index (χ1n) is 6.87. The van der Waals surface area contributed by atoms with Gasteiger partial charge in [0, 0.05) is 5.02 Å². The van der Waals surface area contributed by atoms with Crippen LogP contribution in [0.3, 0.4) is 0 Å². The highest BCUT2D eigenvalue weighted by molar-refractivity contribution is 7.95. The number of rotatable bonds is 4. The van der Waals surface area contributed by atoms with Crippen LogP contribution < -0.4 is 0 Å². The average Bonchev–Trinajstić information content (AvgIpc) is 3.07. The molecule has 1 heterocycles. The molecule has 0 atom stereocenters. The maximum Gasteiger partial charge on any atom is 0.238 e. The summed E-state index contributed by atoms with van der Waals surface area (Å²) in [7, 11) is -7.89. The molecule has 10 heteroatoms. The molecular weight excluding hydrogens is 404 g/mol. The number of nitrogens with zero attached hydrogens (tertiary/aromatic N) is 2. The third kappa shape index (κ3) is 3.45. The van der Waals surface area contributed by atoms with E-state index in [2.05, 4.69) is 10.2 Å². The van der Waals surface area contributed by atoms with Crippen molar-refractivity contribution in [3.63, 3.8) is 0 Å². The summed E-state index contributed by atoms with van der Waals surface area (Å²) >= 11 is 6.26. The molecule has 3 rings (SSSR count). The highest BCUT2D eigenvalue weighted by Crippen LogP contribution is 2.29. The van der Waals surface area contributed by atoms with E-state index in [1.807, 2.05) is 6.92 Å². The van der Waals surface area contributed by atoms with Gasteiger partial charge < -0.3 is 0 Å². The topological polar surface area (TPSA) is 94.1 Å². The molecule has 0 saturated heterocycles. The molecule has 25 heavy (non-hydrogen) atoms. The summed E-state index contributed by atoms with van der Waals surface area (Å²) < 4.78 is 49.4. The molecule has 0 spiro atoms. The number of sulfone groups is 2. The van der Waals surface area contributed by atoms with Gasteiger partial charge in [0.1, 0.15) is 0 Å². The highest BCUT2D eigenvalue weighted by atomic mass is 35.5. The smallest absolute Gasteiger partial charge is 0.216 e. The standard InChI is InChI=1S/C15H11ClN2O4S3/c1-10-2-6-12(7-3-10)24(19,20)14-17-18-15(23-14)25(21,22)13-8-4-11(16)5-9-13/h2-9H,1H3. The van der Waals surface area contributed by atoms with Gasteiger partial charge in [-0.1, -0.05) is 40.6 Å². The van der Waals surface area contributed by atoms with Crippen LogP contribution in [0.2, 0.25) is 5.02 Å². The maximum absolute atomic E-state index is 12.6. The van der Waals surface area contributed by atoms with Crippen LogP contribution in [0.15, 0.2) is 67.0 Å². The fourth-order valence-electron chi connectivity index (χ4n) is 1.95. The predicted octanol–water partition coefficient (Wildman–Crippen LogP) is 3.17.